The first-order valence-electron chi connectivity index (χ1n) is 4.39. The van der Waals surface area contributed by atoms with E-state index in [1.54, 1.807) is 0 Å². The number of aliphatic hydroxyl groups is 1. The highest BCUT2D eigenvalue weighted by molar-refractivity contribution is 5.07. The zero-order valence-electron chi connectivity index (χ0n) is 6.62. The predicted octanol–water partition coefficient (Wildman–Crippen LogP) is 1.45. The Labute approximate surface area is 66.9 Å². The van der Waals surface area contributed by atoms with E-state index in [9.17, 15) is 5.11 Å². The maximum atomic E-state index is 9.34. The molecule has 2 unspecified atom stereocenters. The van der Waals surface area contributed by atoms with Crippen LogP contribution in [0.25, 0.3) is 0 Å². The third kappa shape index (κ3) is 1.27. The molecular weight excluding hydrogens is 140 g/mol. The van der Waals surface area contributed by atoms with Crippen LogP contribution in [0.4, 0.5) is 0 Å². The van der Waals surface area contributed by atoms with Gasteiger partial charge in [-0.25, -0.2) is 0 Å². The predicted molar refractivity (Wildman–Crippen MR) is 42.0 cm³/mol. The summed E-state index contributed by atoms with van der Waals surface area (Å²) < 4.78 is 5.45. The van der Waals surface area contributed by atoms with Crippen molar-refractivity contribution < 1.29 is 9.84 Å². The van der Waals surface area contributed by atoms with Crippen LogP contribution < -0.4 is 0 Å². The number of hydrogen-bond acceptors (Lipinski definition) is 2. The average Bonchev–Trinajstić information content (AvgIpc) is 2.04. The monoisotopic (exact) mass is 154 g/mol. The van der Waals surface area contributed by atoms with Gasteiger partial charge in [0.05, 0.1) is 18.5 Å². The molecule has 0 aromatic rings. The molecule has 1 N–H and O–H groups in total. The maximum Gasteiger partial charge on any atom is 0.0976 e. The standard InChI is InChI=1S/C9H14O2/c10-8-5-4-7(8)9-3-1-2-6-11-9/h3,7-8,10H,1-2,4-6H2. The van der Waals surface area contributed by atoms with E-state index in [2.05, 4.69) is 6.08 Å². The molecule has 0 amide bonds. The Balaban J connectivity index is 1.97. The molecule has 2 rings (SSSR count). The van der Waals surface area contributed by atoms with E-state index in [1.807, 2.05) is 0 Å². The third-order valence-corrected chi connectivity index (χ3v) is 2.57. The summed E-state index contributed by atoms with van der Waals surface area (Å²) in [6.07, 6.45) is 6.32. The lowest BCUT2D eigenvalue weighted by Crippen LogP contribution is -2.34. The number of rotatable bonds is 1. The van der Waals surface area contributed by atoms with Gasteiger partial charge < -0.3 is 9.84 Å². The second kappa shape index (κ2) is 2.86. The van der Waals surface area contributed by atoms with Crippen molar-refractivity contribution in [3.63, 3.8) is 0 Å². The molecule has 0 radical (unpaired) electrons. The lowest BCUT2D eigenvalue weighted by molar-refractivity contribution is 0.00439. The van der Waals surface area contributed by atoms with Crippen molar-refractivity contribution in [2.24, 2.45) is 5.92 Å². The first-order valence-corrected chi connectivity index (χ1v) is 4.39. The van der Waals surface area contributed by atoms with Gasteiger partial charge in [0.15, 0.2) is 0 Å². The highest BCUT2D eigenvalue weighted by Gasteiger charge is 2.33. The van der Waals surface area contributed by atoms with Gasteiger partial charge in [0, 0.05) is 5.92 Å². The molecule has 1 aliphatic carbocycles. The molecule has 1 fully saturated rings. The van der Waals surface area contributed by atoms with Crippen LogP contribution in [0.15, 0.2) is 11.8 Å². The fourth-order valence-electron chi connectivity index (χ4n) is 1.65. The molecule has 11 heavy (non-hydrogen) atoms. The van der Waals surface area contributed by atoms with E-state index in [4.69, 9.17) is 4.74 Å². The first kappa shape index (κ1) is 7.17. The van der Waals surface area contributed by atoms with Gasteiger partial charge >= 0.3 is 0 Å². The van der Waals surface area contributed by atoms with E-state index >= 15 is 0 Å². The van der Waals surface area contributed by atoms with Gasteiger partial charge in [0.25, 0.3) is 0 Å². The highest BCUT2D eigenvalue weighted by atomic mass is 16.5. The van der Waals surface area contributed by atoms with Crippen LogP contribution in [0.5, 0.6) is 0 Å². The van der Waals surface area contributed by atoms with Crippen LogP contribution in [0.3, 0.4) is 0 Å². The lowest BCUT2D eigenvalue weighted by Gasteiger charge is -2.35. The van der Waals surface area contributed by atoms with Crippen LogP contribution in [-0.4, -0.2) is 17.8 Å². The van der Waals surface area contributed by atoms with Gasteiger partial charge in [0.2, 0.25) is 0 Å². The molecule has 0 spiro atoms. The molecule has 0 aromatic heterocycles. The summed E-state index contributed by atoms with van der Waals surface area (Å²) >= 11 is 0. The summed E-state index contributed by atoms with van der Waals surface area (Å²) in [6, 6.07) is 0. The van der Waals surface area contributed by atoms with Crippen LogP contribution in [0.2, 0.25) is 0 Å². The number of ether oxygens (including phenoxy) is 1. The van der Waals surface area contributed by atoms with E-state index in [0.717, 1.165) is 38.0 Å². The third-order valence-electron chi connectivity index (χ3n) is 2.57. The van der Waals surface area contributed by atoms with Crippen molar-refractivity contribution in [1.29, 1.82) is 0 Å². The van der Waals surface area contributed by atoms with Crippen molar-refractivity contribution in [1.82, 2.24) is 0 Å². The van der Waals surface area contributed by atoms with Crippen LogP contribution >= 0.6 is 0 Å². The quantitative estimate of drug-likeness (QED) is 0.619. The smallest absolute Gasteiger partial charge is 0.0976 e. The van der Waals surface area contributed by atoms with Gasteiger partial charge in [-0.15, -0.1) is 0 Å². The minimum Gasteiger partial charge on any atom is -0.498 e. The summed E-state index contributed by atoms with van der Waals surface area (Å²) in [7, 11) is 0. The summed E-state index contributed by atoms with van der Waals surface area (Å²) in [5.41, 5.74) is 0. The molecule has 2 atom stereocenters. The van der Waals surface area contributed by atoms with Crippen molar-refractivity contribution >= 4 is 0 Å². The number of hydrogen-bond donors (Lipinski definition) is 1. The minimum atomic E-state index is -0.126. The summed E-state index contributed by atoms with van der Waals surface area (Å²) in [4.78, 5) is 0. The average molecular weight is 154 g/mol. The van der Waals surface area contributed by atoms with Gasteiger partial charge in [-0.2, -0.15) is 0 Å². The fourth-order valence-corrected chi connectivity index (χ4v) is 1.65. The molecule has 0 aromatic carbocycles. The number of allylic oxidation sites excluding steroid dienone is 1. The van der Waals surface area contributed by atoms with Crippen molar-refractivity contribution in [2.45, 2.75) is 31.8 Å². The summed E-state index contributed by atoms with van der Waals surface area (Å²) in [5, 5.41) is 9.34. The SMILES string of the molecule is OC1CCC1C1=CCCCO1. The lowest BCUT2D eigenvalue weighted by atomic mass is 9.80. The van der Waals surface area contributed by atoms with Gasteiger partial charge in [-0.05, 0) is 31.8 Å². The molecule has 1 saturated carbocycles. The van der Waals surface area contributed by atoms with Crippen molar-refractivity contribution in [3.05, 3.63) is 11.8 Å². The molecule has 2 heteroatoms. The summed E-state index contributed by atoms with van der Waals surface area (Å²) in [6.45, 7) is 0.842. The molecule has 2 aliphatic rings. The van der Waals surface area contributed by atoms with Crippen LogP contribution in [-0.2, 0) is 4.74 Å². The number of aliphatic hydroxyl groups excluding tert-OH is 1. The molecule has 2 nitrogen and oxygen atoms in total. The second-order valence-electron chi connectivity index (χ2n) is 3.35. The highest BCUT2D eigenvalue weighted by Crippen LogP contribution is 2.35. The first-order chi connectivity index (χ1) is 5.38. The molecular formula is C9H14O2. The second-order valence-corrected chi connectivity index (χ2v) is 3.35. The Kier molecular flexibility index (Phi) is 1.86. The topological polar surface area (TPSA) is 29.5 Å². The van der Waals surface area contributed by atoms with E-state index in [1.165, 1.54) is 0 Å². The minimum absolute atomic E-state index is 0.126. The molecule has 0 saturated heterocycles. The normalized spacial score (nSPS) is 37.0. The van der Waals surface area contributed by atoms with Crippen molar-refractivity contribution in [3.8, 4) is 0 Å². The largest absolute Gasteiger partial charge is 0.498 e. The van der Waals surface area contributed by atoms with Gasteiger partial charge in [0.1, 0.15) is 0 Å². The van der Waals surface area contributed by atoms with Crippen molar-refractivity contribution in [2.75, 3.05) is 6.61 Å². The molecule has 0 bridgehead atoms. The zero-order chi connectivity index (χ0) is 7.68. The zero-order valence-corrected chi connectivity index (χ0v) is 6.62. The van der Waals surface area contributed by atoms with E-state index < -0.39 is 0 Å². The maximum absolute atomic E-state index is 9.34. The molecule has 1 heterocycles. The fraction of sp³-hybridized carbons (Fsp3) is 0.778. The molecule has 1 aliphatic heterocycles. The van der Waals surface area contributed by atoms with E-state index in [-0.39, 0.29) is 6.10 Å². The Hall–Kier alpha value is -0.500. The van der Waals surface area contributed by atoms with Crippen LogP contribution in [0, 0.1) is 5.92 Å². The van der Waals surface area contributed by atoms with Crippen LogP contribution in [0.1, 0.15) is 25.7 Å². The molecule has 62 valence electrons. The summed E-state index contributed by atoms with van der Waals surface area (Å²) in [5.74, 6) is 1.38. The van der Waals surface area contributed by atoms with Gasteiger partial charge in [-0.3, -0.25) is 0 Å². The van der Waals surface area contributed by atoms with Gasteiger partial charge in [-0.1, -0.05) is 0 Å². The Morgan fingerprint density at radius 3 is 2.82 bits per heavy atom. The Morgan fingerprint density at radius 2 is 2.36 bits per heavy atom. The Morgan fingerprint density at radius 1 is 1.45 bits per heavy atom. The Bertz CT molecular complexity index is 174. The van der Waals surface area contributed by atoms with E-state index in [0.29, 0.717) is 5.92 Å².